The van der Waals surface area contributed by atoms with Crippen molar-refractivity contribution in [2.24, 2.45) is 0 Å². The summed E-state index contributed by atoms with van der Waals surface area (Å²) in [6, 6.07) is 10.6. The zero-order valence-corrected chi connectivity index (χ0v) is 12.5. The fraction of sp³-hybridized carbons (Fsp3) is 0.125. The lowest BCUT2D eigenvalue weighted by atomic mass is 10.1. The number of hydrogen-bond acceptors (Lipinski definition) is 3. The number of rotatable bonds is 5. The third kappa shape index (κ3) is 3.38. The summed E-state index contributed by atoms with van der Waals surface area (Å²) in [6.07, 6.45) is 1.61. The van der Waals surface area contributed by atoms with Crippen LogP contribution in [0, 0.1) is 0 Å². The number of hydrogen-bond donors (Lipinski definition) is 1. The van der Waals surface area contributed by atoms with Crippen LogP contribution < -0.4 is 10.2 Å². The summed E-state index contributed by atoms with van der Waals surface area (Å²) in [6.45, 7) is 3.95. The molecule has 4 nitrogen and oxygen atoms in total. The first-order valence-electron chi connectivity index (χ1n) is 6.45. The molecule has 0 radical (unpaired) electrons. The standard InChI is InChI=1S/C16H16N2O2S/c1-3-10-17-15(19)12-7-4-5-8-13(12)18(2)16(20)14-9-6-11-21-14/h3-9,11H,1,10H2,2H3,(H,17,19). The van der Waals surface area contributed by atoms with E-state index in [0.717, 1.165) is 0 Å². The number of nitrogens with zero attached hydrogens (tertiary/aromatic N) is 1. The largest absolute Gasteiger partial charge is 0.349 e. The number of para-hydroxylation sites is 1. The summed E-state index contributed by atoms with van der Waals surface area (Å²) in [5, 5.41) is 4.58. The molecule has 2 rings (SSSR count). The van der Waals surface area contributed by atoms with Gasteiger partial charge in [0.05, 0.1) is 16.1 Å². The van der Waals surface area contributed by atoms with Gasteiger partial charge in [-0.15, -0.1) is 17.9 Å². The molecular formula is C16H16N2O2S. The maximum atomic E-state index is 12.4. The molecule has 0 atom stereocenters. The summed E-state index contributed by atoms with van der Waals surface area (Å²) in [5.41, 5.74) is 1.05. The molecule has 0 saturated heterocycles. The van der Waals surface area contributed by atoms with E-state index in [1.165, 1.54) is 16.2 Å². The lowest BCUT2D eigenvalue weighted by Gasteiger charge is -2.19. The van der Waals surface area contributed by atoms with Crippen molar-refractivity contribution in [3.05, 3.63) is 64.9 Å². The highest BCUT2D eigenvalue weighted by molar-refractivity contribution is 7.12. The smallest absolute Gasteiger partial charge is 0.268 e. The van der Waals surface area contributed by atoms with Gasteiger partial charge >= 0.3 is 0 Å². The maximum Gasteiger partial charge on any atom is 0.268 e. The SMILES string of the molecule is C=CCNC(=O)c1ccccc1N(C)C(=O)c1cccs1. The van der Waals surface area contributed by atoms with Crippen molar-refractivity contribution in [2.45, 2.75) is 0 Å². The van der Waals surface area contributed by atoms with Gasteiger partial charge in [0, 0.05) is 13.6 Å². The highest BCUT2D eigenvalue weighted by atomic mass is 32.1. The van der Waals surface area contributed by atoms with Gasteiger partial charge in [0.15, 0.2) is 0 Å². The molecule has 21 heavy (non-hydrogen) atoms. The molecule has 0 fully saturated rings. The third-order valence-corrected chi connectivity index (χ3v) is 3.81. The highest BCUT2D eigenvalue weighted by Gasteiger charge is 2.19. The van der Waals surface area contributed by atoms with Crippen LogP contribution in [0.2, 0.25) is 0 Å². The second-order valence-electron chi connectivity index (χ2n) is 4.36. The fourth-order valence-electron chi connectivity index (χ4n) is 1.89. The number of nitrogens with one attached hydrogen (secondary N) is 1. The van der Waals surface area contributed by atoms with Crippen molar-refractivity contribution in [2.75, 3.05) is 18.5 Å². The molecule has 108 valence electrons. The Kier molecular flexibility index (Phi) is 4.90. The summed E-state index contributed by atoms with van der Waals surface area (Å²) >= 11 is 1.38. The minimum atomic E-state index is -0.226. The van der Waals surface area contributed by atoms with Crippen molar-refractivity contribution in [1.29, 1.82) is 0 Å². The van der Waals surface area contributed by atoms with E-state index in [1.54, 1.807) is 43.5 Å². The Morgan fingerprint density at radius 3 is 2.71 bits per heavy atom. The Hall–Kier alpha value is -2.40. The molecule has 0 unspecified atom stereocenters. The van der Waals surface area contributed by atoms with Gasteiger partial charge in [0.25, 0.3) is 11.8 Å². The first-order valence-corrected chi connectivity index (χ1v) is 7.32. The molecule has 0 aliphatic rings. The van der Waals surface area contributed by atoms with Crippen LogP contribution in [0.4, 0.5) is 5.69 Å². The first kappa shape index (κ1) is 15.0. The normalized spacial score (nSPS) is 9.95. The number of amides is 2. The third-order valence-electron chi connectivity index (χ3n) is 2.95. The molecular weight excluding hydrogens is 284 g/mol. The van der Waals surface area contributed by atoms with Crippen LogP contribution in [0.5, 0.6) is 0 Å². The summed E-state index contributed by atoms with van der Waals surface area (Å²) in [7, 11) is 1.67. The Morgan fingerprint density at radius 2 is 2.05 bits per heavy atom. The number of thiophene rings is 1. The van der Waals surface area contributed by atoms with E-state index < -0.39 is 0 Å². The van der Waals surface area contributed by atoms with Crippen LogP contribution in [0.3, 0.4) is 0 Å². The Morgan fingerprint density at radius 1 is 1.29 bits per heavy atom. The van der Waals surface area contributed by atoms with E-state index in [4.69, 9.17) is 0 Å². The van der Waals surface area contributed by atoms with E-state index in [2.05, 4.69) is 11.9 Å². The van der Waals surface area contributed by atoms with Crippen LogP contribution in [0.1, 0.15) is 20.0 Å². The van der Waals surface area contributed by atoms with E-state index >= 15 is 0 Å². The molecule has 2 amide bonds. The molecule has 1 N–H and O–H groups in total. The minimum absolute atomic E-state index is 0.131. The second kappa shape index (κ2) is 6.85. The Labute approximate surface area is 127 Å². The average Bonchev–Trinajstić information content (AvgIpc) is 3.05. The molecule has 0 aliphatic carbocycles. The summed E-state index contributed by atoms with van der Waals surface area (Å²) in [4.78, 5) is 26.7. The van der Waals surface area contributed by atoms with Gasteiger partial charge < -0.3 is 10.2 Å². The molecule has 0 spiro atoms. The van der Waals surface area contributed by atoms with E-state index in [-0.39, 0.29) is 11.8 Å². The average molecular weight is 300 g/mol. The molecule has 5 heteroatoms. The molecule has 2 aromatic rings. The topological polar surface area (TPSA) is 49.4 Å². The Bertz CT molecular complexity index is 650. The van der Waals surface area contributed by atoms with Crippen molar-refractivity contribution in [1.82, 2.24) is 5.32 Å². The quantitative estimate of drug-likeness (QED) is 0.863. The zero-order chi connectivity index (χ0) is 15.2. The monoisotopic (exact) mass is 300 g/mol. The number of carbonyl (C=O) groups is 2. The predicted octanol–water partition coefficient (Wildman–Crippen LogP) is 2.94. The molecule has 0 saturated carbocycles. The van der Waals surface area contributed by atoms with Crippen LogP contribution in [0.15, 0.2) is 54.4 Å². The molecule has 1 aromatic carbocycles. The lowest BCUT2D eigenvalue weighted by Crippen LogP contribution is -2.30. The summed E-state index contributed by atoms with van der Waals surface area (Å²) in [5.74, 6) is -0.356. The van der Waals surface area contributed by atoms with Crippen LogP contribution in [-0.2, 0) is 0 Å². The van der Waals surface area contributed by atoms with E-state index in [1.807, 2.05) is 11.4 Å². The number of anilines is 1. The fourth-order valence-corrected chi connectivity index (χ4v) is 2.59. The van der Waals surface area contributed by atoms with Gasteiger partial charge in [-0.05, 0) is 23.6 Å². The molecule has 0 bridgehead atoms. The zero-order valence-electron chi connectivity index (χ0n) is 11.7. The molecule has 1 aromatic heterocycles. The highest BCUT2D eigenvalue weighted by Crippen LogP contribution is 2.22. The minimum Gasteiger partial charge on any atom is -0.349 e. The van der Waals surface area contributed by atoms with Gasteiger partial charge in [-0.2, -0.15) is 0 Å². The predicted molar refractivity (Wildman–Crippen MR) is 86.0 cm³/mol. The van der Waals surface area contributed by atoms with E-state index in [0.29, 0.717) is 22.7 Å². The van der Waals surface area contributed by atoms with Crippen molar-refractivity contribution in [3.8, 4) is 0 Å². The van der Waals surface area contributed by atoms with Crippen LogP contribution in [0.25, 0.3) is 0 Å². The van der Waals surface area contributed by atoms with Gasteiger partial charge in [-0.3, -0.25) is 9.59 Å². The van der Waals surface area contributed by atoms with Crippen molar-refractivity contribution >= 4 is 28.8 Å². The molecule has 1 heterocycles. The van der Waals surface area contributed by atoms with E-state index in [9.17, 15) is 9.59 Å². The van der Waals surface area contributed by atoms with Gasteiger partial charge in [0.1, 0.15) is 0 Å². The maximum absolute atomic E-state index is 12.4. The molecule has 0 aliphatic heterocycles. The summed E-state index contributed by atoms with van der Waals surface area (Å²) < 4.78 is 0. The van der Waals surface area contributed by atoms with Crippen molar-refractivity contribution in [3.63, 3.8) is 0 Å². The number of benzene rings is 1. The van der Waals surface area contributed by atoms with Gasteiger partial charge in [-0.1, -0.05) is 24.3 Å². The lowest BCUT2D eigenvalue weighted by molar-refractivity contribution is 0.0958. The first-order chi connectivity index (χ1) is 10.1. The van der Waals surface area contributed by atoms with Crippen LogP contribution in [-0.4, -0.2) is 25.4 Å². The second-order valence-corrected chi connectivity index (χ2v) is 5.31. The van der Waals surface area contributed by atoms with Crippen molar-refractivity contribution < 1.29 is 9.59 Å². The van der Waals surface area contributed by atoms with Gasteiger partial charge in [0.2, 0.25) is 0 Å². The van der Waals surface area contributed by atoms with Gasteiger partial charge in [-0.25, -0.2) is 0 Å². The Balaban J connectivity index is 2.29. The van der Waals surface area contributed by atoms with Crippen LogP contribution >= 0.6 is 11.3 Å². The number of carbonyl (C=O) groups excluding carboxylic acids is 2.